The molecular formula is C17H19N5O3. The Morgan fingerprint density at radius 1 is 1.36 bits per heavy atom. The Morgan fingerprint density at radius 3 is 2.88 bits per heavy atom. The summed E-state index contributed by atoms with van der Waals surface area (Å²) >= 11 is 0. The van der Waals surface area contributed by atoms with Gasteiger partial charge in [-0.15, -0.1) is 0 Å². The van der Waals surface area contributed by atoms with Gasteiger partial charge in [-0.25, -0.2) is 4.98 Å². The van der Waals surface area contributed by atoms with E-state index in [-0.39, 0.29) is 17.4 Å². The molecule has 3 aromatic heterocycles. The molecule has 130 valence electrons. The smallest absolute Gasteiger partial charge is 0.252 e. The van der Waals surface area contributed by atoms with Crippen molar-refractivity contribution in [1.29, 1.82) is 0 Å². The molecule has 1 amide bonds. The Kier molecular flexibility index (Phi) is 4.78. The Labute approximate surface area is 143 Å². The maximum Gasteiger partial charge on any atom is 0.252 e. The van der Waals surface area contributed by atoms with Gasteiger partial charge < -0.3 is 9.73 Å². The first-order chi connectivity index (χ1) is 12.1. The van der Waals surface area contributed by atoms with Crippen molar-refractivity contribution < 1.29 is 9.21 Å². The van der Waals surface area contributed by atoms with E-state index < -0.39 is 0 Å². The van der Waals surface area contributed by atoms with Crippen molar-refractivity contribution in [3.8, 4) is 17.4 Å². The number of aryl methyl sites for hydroxylation is 1. The number of furan rings is 1. The van der Waals surface area contributed by atoms with E-state index in [1.807, 2.05) is 6.92 Å². The van der Waals surface area contributed by atoms with Crippen LogP contribution in [0.1, 0.15) is 32.4 Å². The Morgan fingerprint density at radius 2 is 2.20 bits per heavy atom. The number of hydrogen-bond donors (Lipinski definition) is 2. The highest BCUT2D eigenvalue weighted by atomic mass is 16.3. The van der Waals surface area contributed by atoms with E-state index in [1.165, 1.54) is 10.7 Å². The number of hydrogen-bond acceptors (Lipinski definition) is 5. The number of H-pyrrole nitrogens is 1. The molecule has 3 aromatic rings. The fraction of sp³-hybridized carbons (Fsp3) is 0.294. The Hall–Kier alpha value is -3.16. The molecule has 0 radical (unpaired) electrons. The molecule has 0 spiro atoms. The van der Waals surface area contributed by atoms with Crippen molar-refractivity contribution in [2.75, 3.05) is 5.32 Å². The summed E-state index contributed by atoms with van der Waals surface area (Å²) in [5.41, 5.74) is 0.931. The maximum atomic E-state index is 11.9. The van der Waals surface area contributed by atoms with Gasteiger partial charge in [0.05, 0.1) is 6.26 Å². The van der Waals surface area contributed by atoms with Crippen molar-refractivity contribution in [2.45, 2.75) is 33.1 Å². The second-order valence-electron chi connectivity index (χ2n) is 5.52. The first-order valence-electron chi connectivity index (χ1n) is 8.15. The fourth-order valence-electron chi connectivity index (χ4n) is 2.39. The van der Waals surface area contributed by atoms with E-state index in [1.54, 1.807) is 31.4 Å². The van der Waals surface area contributed by atoms with E-state index in [4.69, 9.17) is 4.42 Å². The molecule has 0 aromatic carbocycles. The molecule has 3 heterocycles. The van der Waals surface area contributed by atoms with Gasteiger partial charge in [-0.2, -0.15) is 9.78 Å². The van der Waals surface area contributed by atoms with Crippen LogP contribution in [0.5, 0.6) is 0 Å². The molecule has 0 unspecified atom stereocenters. The van der Waals surface area contributed by atoms with E-state index in [9.17, 15) is 9.59 Å². The van der Waals surface area contributed by atoms with E-state index in [0.29, 0.717) is 35.8 Å². The molecule has 0 aliphatic rings. The summed E-state index contributed by atoms with van der Waals surface area (Å²) in [6, 6.07) is 6.66. The van der Waals surface area contributed by atoms with Crippen molar-refractivity contribution in [2.24, 2.45) is 0 Å². The van der Waals surface area contributed by atoms with Gasteiger partial charge in [-0.3, -0.25) is 14.6 Å². The average molecular weight is 341 g/mol. The van der Waals surface area contributed by atoms with Crippen molar-refractivity contribution in [1.82, 2.24) is 19.7 Å². The lowest BCUT2D eigenvalue weighted by atomic mass is 10.2. The number of nitrogens with one attached hydrogen (secondary N) is 2. The zero-order chi connectivity index (χ0) is 17.8. The zero-order valence-electron chi connectivity index (χ0n) is 14.1. The minimum Gasteiger partial charge on any atom is -0.463 e. The number of carbonyl (C=O) groups excluding carboxylic acids is 1. The highest BCUT2D eigenvalue weighted by Gasteiger charge is 2.16. The van der Waals surface area contributed by atoms with Crippen LogP contribution in [0, 0.1) is 0 Å². The van der Waals surface area contributed by atoms with Gasteiger partial charge in [0.25, 0.3) is 5.56 Å². The highest BCUT2D eigenvalue weighted by Crippen LogP contribution is 2.24. The number of aromatic nitrogens is 4. The third-order valence-corrected chi connectivity index (χ3v) is 3.56. The summed E-state index contributed by atoms with van der Waals surface area (Å²) < 4.78 is 6.77. The monoisotopic (exact) mass is 341 g/mol. The molecule has 2 N–H and O–H groups in total. The molecule has 0 aliphatic heterocycles. The quantitative estimate of drug-likeness (QED) is 0.716. The number of nitrogens with zero attached hydrogens (tertiary/aromatic N) is 3. The molecule has 8 heteroatoms. The molecule has 25 heavy (non-hydrogen) atoms. The number of anilines is 1. The zero-order valence-corrected chi connectivity index (χ0v) is 14.1. The predicted molar refractivity (Wildman–Crippen MR) is 92.6 cm³/mol. The van der Waals surface area contributed by atoms with Gasteiger partial charge >= 0.3 is 0 Å². The molecule has 0 bridgehead atoms. The summed E-state index contributed by atoms with van der Waals surface area (Å²) in [6.45, 7) is 3.77. The molecular weight excluding hydrogens is 322 g/mol. The summed E-state index contributed by atoms with van der Waals surface area (Å²) in [6.07, 6.45) is 3.41. The van der Waals surface area contributed by atoms with Gasteiger partial charge in [0.2, 0.25) is 11.9 Å². The van der Waals surface area contributed by atoms with Crippen molar-refractivity contribution in [3.63, 3.8) is 0 Å². The summed E-state index contributed by atoms with van der Waals surface area (Å²) in [7, 11) is 0. The first-order valence-corrected chi connectivity index (χ1v) is 8.15. The minimum absolute atomic E-state index is 0.167. The third-order valence-electron chi connectivity index (χ3n) is 3.56. The van der Waals surface area contributed by atoms with Crippen LogP contribution in [0.25, 0.3) is 17.4 Å². The first kappa shape index (κ1) is 16.7. The van der Waals surface area contributed by atoms with Gasteiger partial charge in [0.1, 0.15) is 11.5 Å². The lowest BCUT2D eigenvalue weighted by molar-refractivity contribution is -0.115. The lowest BCUT2D eigenvalue weighted by Crippen LogP contribution is -2.18. The topological polar surface area (TPSA) is 106 Å². The predicted octanol–water partition coefficient (Wildman–Crippen LogP) is 2.52. The van der Waals surface area contributed by atoms with Crippen LogP contribution in [-0.4, -0.2) is 25.7 Å². The van der Waals surface area contributed by atoms with Gasteiger partial charge in [0.15, 0.2) is 5.76 Å². The third kappa shape index (κ3) is 3.68. The highest BCUT2D eigenvalue weighted by molar-refractivity contribution is 5.90. The molecule has 3 rings (SSSR count). The summed E-state index contributed by atoms with van der Waals surface area (Å²) in [4.78, 5) is 30.9. The Bertz CT molecular complexity index is 924. The number of rotatable bonds is 6. The second-order valence-corrected chi connectivity index (χ2v) is 5.52. The molecule has 0 fully saturated rings. The number of aromatic amines is 1. The standard InChI is InChI=1S/C17H19N5O3/c1-3-6-11-9-16(24)20-17(18-11)22-14(19-15(23)4-2)10-12(21-22)13-7-5-8-25-13/h5,7-10H,3-4,6H2,1-2H3,(H,19,23)(H,18,20,24). The molecule has 0 atom stereocenters. The molecule has 8 nitrogen and oxygen atoms in total. The van der Waals surface area contributed by atoms with Gasteiger partial charge in [-0.1, -0.05) is 20.3 Å². The number of carbonyl (C=O) groups is 1. The second kappa shape index (κ2) is 7.16. The van der Waals surface area contributed by atoms with Crippen LogP contribution in [0.15, 0.2) is 39.7 Å². The van der Waals surface area contributed by atoms with Gasteiger partial charge in [0, 0.05) is 24.2 Å². The van der Waals surface area contributed by atoms with Crippen LogP contribution < -0.4 is 10.9 Å². The van der Waals surface area contributed by atoms with E-state index in [0.717, 1.165) is 6.42 Å². The largest absolute Gasteiger partial charge is 0.463 e. The molecule has 0 saturated heterocycles. The summed E-state index contributed by atoms with van der Waals surface area (Å²) in [5, 5.41) is 7.20. The van der Waals surface area contributed by atoms with Crippen LogP contribution in [0.2, 0.25) is 0 Å². The van der Waals surface area contributed by atoms with Gasteiger partial charge in [-0.05, 0) is 18.6 Å². The van der Waals surface area contributed by atoms with Crippen LogP contribution in [0.3, 0.4) is 0 Å². The van der Waals surface area contributed by atoms with Crippen LogP contribution in [0.4, 0.5) is 5.82 Å². The van der Waals surface area contributed by atoms with Crippen molar-refractivity contribution >= 4 is 11.7 Å². The van der Waals surface area contributed by atoms with E-state index in [2.05, 4.69) is 20.4 Å². The maximum absolute atomic E-state index is 11.9. The number of amides is 1. The Balaban J connectivity index is 2.10. The average Bonchev–Trinajstić information content (AvgIpc) is 3.23. The minimum atomic E-state index is -0.267. The van der Waals surface area contributed by atoms with E-state index >= 15 is 0 Å². The molecule has 0 aliphatic carbocycles. The normalized spacial score (nSPS) is 10.8. The SMILES string of the molecule is CCCc1cc(=O)[nH]c(-n2nc(-c3ccco3)cc2NC(=O)CC)n1. The van der Waals surface area contributed by atoms with Crippen LogP contribution in [-0.2, 0) is 11.2 Å². The summed E-state index contributed by atoms with van der Waals surface area (Å²) in [5.74, 6) is 1.05. The van der Waals surface area contributed by atoms with Crippen LogP contribution >= 0.6 is 0 Å². The molecule has 0 saturated carbocycles. The fourth-order valence-corrected chi connectivity index (χ4v) is 2.39. The lowest BCUT2D eigenvalue weighted by Gasteiger charge is -2.08. The van der Waals surface area contributed by atoms with Crippen molar-refractivity contribution in [3.05, 3.63) is 46.6 Å².